The molecule has 1 saturated carbocycles. The fourth-order valence-electron chi connectivity index (χ4n) is 4.46. The van der Waals surface area contributed by atoms with Crippen molar-refractivity contribution in [2.75, 3.05) is 18.1 Å². The molecule has 1 aromatic rings. The van der Waals surface area contributed by atoms with E-state index in [1.807, 2.05) is 0 Å². The maximum absolute atomic E-state index is 9.52. The Bertz CT molecular complexity index is 609. The van der Waals surface area contributed by atoms with Crippen molar-refractivity contribution in [3.05, 3.63) is 34.9 Å². The predicted molar refractivity (Wildman–Crippen MR) is 114 cm³/mol. The molecular formula is C23H37NOS. The van der Waals surface area contributed by atoms with Crippen molar-refractivity contribution < 1.29 is 5.11 Å². The molecule has 0 spiro atoms. The van der Waals surface area contributed by atoms with Gasteiger partial charge in [0.05, 0.1) is 6.61 Å². The fraction of sp³-hybridized carbons (Fsp3) is 0.739. The molecular weight excluding hydrogens is 338 g/mol. The average Bonchev–Trinajstić information content (AvgIpc) is 3.00. The van der Waals surface area contributed by atoms with Crippen molar-refractivity contribution in [3.63, 3.8) is 0 Å². The lowest BCUT2D eigenvalue weighted by Crippen LogP contribution is -2.40. The molecule has 2 nitrogen and oxygen atoms in total. The topological polar surface area (TPSA) is 46.2 Å². The highest BCUT2D eigenvalue weighted by Crippen LogP contribution is 2.40. The fourth-order valence-corrected chi connectivity index (χ4v) is 6.00. The smallest absolute Gasteiger partial charge is 0.0611 e. The normalized spacial score (nSPS) is 29.0. The van der Waals surface area contributed by atoms with Gasteiger partial charge in [-0.2, -0.15) is 11.8 Å². The second-order valence-electron chi connectivity index (χ2n) is 9.98. The minimum Gasteiger partial charge on any atom is -0.394 e. The molecule has 1 aromatic carbocycles. The number of hydrogen-bond acceptors (Lipinski definition) is 3. The van der Waals surface area contributed by atoms with Crippen LogP contribution in [0.5, 0.6) is 0 Å². The Morgan fingerprint density at radius 1 is 1.23 bits per heavy atom. The second kappa shape index (κ2) is 8.24. The Labute approximate surface area is 164 Å². The van der Waals surface area contributed by atoms with E-state index in [-0.39, 0.29) is 12.1 Å². The molecule has 0 heterocycles. The number of rotatable bonds is 6. The van der Waals surface area contributed by atoms with Crippen molar-refractivity contribution in [2.45, 2.75) is 77.2 Å². The van der Waals surface area contributed by atoms with Crippen molar-refractivity contribution in [3.8, 4) is 0 Å². The summed E-state index contributed by atoms with van der Waals surface area (Å²) in [4.78, 5) is 0. The van der Waals surface area contributed by atoms with Gasteiger partial charge in [-0.3, -0.25) is 0 Å². The molecule has 3 atom stereocenters. The van der Waals surface area contributed by atoms with Crippen molar-refractivity contribution >= 4 is 11.8 Å². The van der Waals surface area contributed by atoms with Crippen LogP contribution in [-0.2, 0) is 12.8 Å². The minimum atomic E-state index is -0.351. The summed E-state index contributed by atoms with van der Waals surface area (Å²) in [6.45, 7) is 7.12. The standard InChI is InChI=1S/C23H37NOS/c1-22(2,3)10-11-26-15-17-4-5-19-13-20(7-6-18(19)12-17)21-8-9-23(24,14-21)16-25/h6-7,13,17,21,25H,4-5,8-12,14-16,24H2,1-3H3/t17?,21-,23+/m0/s1. The first kappa shape index (κ1) is 20.2. The number of aliphatic hydroxyl groups is 1. The molecule has 0 radical (unpaired) electrons. The monoisotopic (exact) mass is 375 g/mol. The Kier molecular flexibility index (Phi) is 6.41. The van der Waals surface area contributed by atoms with Crippen LogP contribution in [0, 0.1) is 11.3 Å². The van der Waals surface area contributed by atoms with Gasteiger partial charge in [0.2, 0.25) is 0 Å². The molecule has 146 valence electrons. The van der Waals surface area contributed by atoms with Gasteiger partial charge in [0.1, 0.15) is 0 Å². The zero-order valence-electron chi connectivity index (χ0n) is 16.9. The van der Waals surface area contributed by atoms with E-state index < -0.39 is 0 Å². The van der Waals surface area contributed by atoms with Gasteiger partial charge in [-0.1, -0.05) is 39.0 Å². The predicted octanol–water partition coefficient (Wildman–Crippen LogP) is 4.92. The molecule has 0 saturated heterocycles. The Balaban J connectivity index is 1.53. The third-order valence-corrected chi connectivity index (χ3v) is 7.54. The summed E-state index contributed by atoms with van der Waals surface area (Å²) >= 11 is 2.15. The number of benzene rings is 1. The maximum Gasteiger partial charge on any atom is 0.0611 e. The summed E-state index contributed by atoms with van der Waals surface area (Å²) < 4.78 is 0. The van der Waals surface area contributed by atoms with E-state index in [4.69, 9.17) is 5.73 Å². The van der Waals surface area contributed by atoms with Crippen molar-refractivity contribution in [1.29, 1.82) is 0 Å². The van der Waals surface area contributed by atoms with Crippen LogP contribution in [0.15, 0.2) is 18.2 Å². The first-order valence-corrected chi connectivity index (χ1v) is 11.5. The van der Waals surface area contributed by atoms with E-state index in [2.05, 4.69) is 50.7 Å². The number of hydrogen-bond donors (Lipinski definition) is 2. The van der Waals surface area contributed by atoms with Crippen LogP contribution in [0.4, 0.5) is 0 Å². The van der Waals surface area contributed by atoms with Crippen LogP contribution in [0.1, 0.15) is 75.5 Å². The molecule has 2 aliphatic carbocycles. The molecule has 0 amide bonds. The van der Waals surface area contributed by atoms with Gasteiger partial charge in [0.25, 0.3) is 0 Å². The maximum atomic E-state index is 9.52. The highest BCUT2D eigenvalue weighted by Gasteiger charge is 2.36. The zero-order chi connectivity index (χ0) is 18.8. The van der Waals surface area contributed by atoms with E-state index in [0.717, 1.165) is 25.2 Å². The van der Waals surface area contributed by atoms with Gasteiger partial charge in [-0.15, -0.1) is 0 Å². The number of aryl methyl sites for hydroxylation is 1. The van der Waals surface area contributed by atoms with E-state index in [9.17, 15) is 5.11 Å². The summed E-state index contributed by atoms with van der Waals surface area (Å²) in [7, 11) is 0. The van der Waals surface area contributed by atoms with Gasteiger partial charge in [0.15, 0.2) is 0 Å². The van der Waals surface area contributed by atoms with Gasteiger partial charge in [-0.25, -0.2) is 0 Å². The summed E-state index contributed by atoms with van der Waals surface area (Å²) in [5.74, 6) is 3.98. The molecule has 26 heavy (non-hydrogen) atoms. The van der Waals surface area contributed by atoms with E-state index in [1.54, 1.807) is 11.1 Å². The van der Waals surface area contributed by atoms with Crippen LogP contribution in [0.2, 0.25) is 0 Å². The lowest BCUT2D eigenvalue weighted by molar-refractivity contribution is 0.198. The van der Waals surface area contributed by atoms with Crippen LogP contribution >= 0.6 is 11.8 Å². The molecule has 3 N–H and O–H groups in total. The molecule has 1 unspecified atom stereocenters. The van der Waals surface area contributed by atoms with Crippen molar-refractivity contribution in [1.82, 2.24) is 0 Å². The first-order chi connectivity index (χ1) is 12.3. The van der Waals surface area contributed by atoms with Crippen LogP contribution in [0.3, 0.4) is 0 Å². The molecule has 3 heteroatoms. The van der Waals surface area contributed by atoms with Gasteiger partial charge < -0.3 is 10.8 Å². The molecule has 2 aliphatic rings. The van der Waals surface area contributed by atoms with E-state index in [1.165, 1.54) is 42.8 Å². The molecule has 3 rings (SSSR count). The zero-order valence-corrected chi connectivity index (χ0v) is 17.7. The average molecular weight is 376 g/mol. The third-order valence-electron chi connectivity index (χ3n) is 6.34. The minimum absolute atomic E-state index is 0.114. The van der Waals surface area contributed by atoms with Gasteiger partial charge >= 0.3 is 0 Å². The largest absolute Gasteiger partial charge is 0.394 e. The Hall–Kier alpha value is -0.510. The second-order valence-corrected chi connectivity index (χ2v) is 11.1. The van der Waals surface area contributed by atoms with Gasteiger partial charge in [-0.05, 0) is 90.4 Å². The van der Waals surface area contributed by atoms with Crippen LogP contribution in [0.25, 0.3) is 0 Å². The number of aliphatic hydroxyl groups excluding tert-OH is 1. The summed E-state index contributed by atoms with van der Waals surface area (Å²) in [6.07, 6.45) is 8.11. The number of nitrogens with two attached hydrogens (primary N) is 1. The van der Waals surface area contributed by atoms with Crippen molar-refractivity contribution in [2.24, 2.45) is 17.1 Å². The molecule has 0 bridgehead atoms. The van der Waals surface area contributed by atoms with E-state index >= 15 is 0 Å². The van der Waals surface area contributed by atoms with E-state index in [0.29, 0.717) is 11.3 Å². The Morgan fingerprint density at radius 3 is 2.73 bits per heavy atom. The van der Waals surface area contributed by atoms with Gasteiger partial charge in [0, 0.05) is 5.54 Å². The summed E-state index contributed by atoms with van der Waals surface area (Å²) in [5, 5.41) is 9.52. The number of thioether (sulfide) groups is 1. The summed E-state index contributed by atoms with van der Waals surface area (Å²) in [5.41, 5.74) is 11.0. The molecule has 0 aromatic heterocycles. The highest BCUT2D eigenvalue weighted by atomic mass is 32.2. The lowest BCUT2D eigenvalue weighted by atomic mass is 9.82. The first-order valence-electron chi connectivity index (χ1n) is 10.4. The lowest BCUT2D eigenvalue weighted by Gasteiger charge is -2.26. The molecule has 1 fully saturated rings. The highest BCUT2D eigenvalue weighted by molar-refractivity contribution is 7.99. The Morgan fingerprint density at radius 2 is 2.04 bits per heavy atom. The third kappa shape index (κ3) is 5.27. The summed E-state index contributed by atoms with van der Waals surface area (Å²) in [6, 6.07) is 7.17. The van der Waals surface area contributed by atoms with Crippen LogP contribution < -0.4 is 5.73 Å². The number of fused-ring (bicyclic) bond motifs is 1. The molecule has 0 aliphatic heterocycles. The quantitative estimate of drug-likeness (QED) is 0.694. The SMILES string of the molecule is CC(C)(C)CCSCC1CCc2cc([C@H]3CC[C@](N)(CO)C3)ccc2C1. The van der Waals surface area contributed by atoms with Crippen LogP contribution in [-0.4, -0.2) is 28.8 Å².